The van der Waals surface area contributed by atoms with Crippen LogP contribution in [0.15, 0.2) is 28.7 Å². The molecule has 1 aromatic rings. The molecule has 0 spiro atoms. The maximum Gasteiger partial charge on any atom is 0.133 e. The topological polar surface area (TPSA) is 21.3 Å². The van der Waals surface area contributed by atoms with Crippen LogP contribution in [0.1, 0.15) is 6.42 Å². The Morgan fingerprint density at radius 3 is 3.00 bits per heavy atom. The van der Waals surface area contributed by atoms with E-state index in [1.807, 2.05) is 24.3 Å². The Bertz CT molecular complexity index is 382. The summed E-state index contributed by atoms with van der Waals surface area (Å²) in [7, 11) is 0. The molecule has 2 unspecified atom stereocenters. The lowest BCUT2D eigenvalue weighted by Crippen LogP contribution is -2.21. The van der Waals surface area contributed by atoms with Crippen molar-refractivity contribution in [2.45, 2.75) is 6.42 Å². The molecular weight excluding hydrogens is 254 g/mol. The van der Waals surface area contributed by atoms with E-state index in [1.165, 1.54) is 13.0 Å². The Labute approximate surface area is 98.1 Å². The van der Waals surface area contributed by atoms with Crippen LogP contribution in [0, 0.1) is 11.3 Å². The minimum absolute atomic E-state index is 0.454. The van der Waals surface area contributed by atoms with Crippen molar-refractivity contribution >= 4 is 15.9 Å². The fraction of sp³-hybridized carbons (Fsp3) is 0.500. The molecule has 15 heavy (non-hydrogen) atoms. The zero-order valence-corrected chi connectivity index (χ0v) is 10.1. The van der Waals surface area contributed by atoms with Gasteiger partial charge in [-0.3, -0.25) is 0 Å². The summed E-state index contributed by atoms with van der Waals surface area (Å²) in [6.07, 6.45) is 1.34. The lowest BCUT2D eigenvalue weighted by atomic mass is 10.1. The fourth-order valence-electron chi connectivity index (χ4n) is 2.44. The van der Waals surface area contributed by atoms with E-state index in [0.717, 1.165) is 29.3 Å². The Hall–Kier alpha value is -0.540. The summed E-state index contributed by atoms with van der Waals surface area (Å²) in [5.74, 6) is 1.82. The summed E-state index contributed by atoms with van der Waals surface area (Å²) < 4.78 is 6.92. The molecule has 0 bridgehead atoms. The summed E-state index contributed by atoms with van der Waals surface area (Å²) in [4.78, 5) is 0. The summed E-state index contributed by atoms with van der Waals surface area (Å²) in [5.41, 5.74) is 0.454. The first-order chi connectivity index (χ1) is 7.30. The van der Waals surface area contributed by atoms with Gasteiger partial charge in [-0.05, 0) is 46.9 Å². The minimum atomic E-state index is 0.454. The van der Waals surface area contributed by atoms with Crippen molar-refractivity contribution in [3.8, 4) is 5.75 Å². The maximum absolute atomic E-state index is 5.88. The normalized spacial score (nSPS) is 32.5. The van der Waals surface area contributed by atoms with E-state index < -0.39 is 0 Å². The highest BCUT2D eigenvalue weighted by atomic mass is 79.9. The van der Waals surface area contributed by atoms with E-state index in [1.54, 1.807) is 0 Å². The van der Waals surface area contributed by atoms with Gasteiger partial charge in [-0.15, -0.1) is 0 Å². The molecule has 0 aromatic heterocycles. The van der Waals surface area contributed by atoms with Gasteiger partial charge in [-0.1, -0.05) is 12.1 Å². The molecule has 2 nitrogen and oxygen atoms in total. The van der Waals surface area contributed by atoms with Crippen LogP contribution in [0.4, 0.5) is 0 Å². The summed E-state index contributed by atoms with van der Waals surface area (Å²) in [6.45, 7) is 3.16. The third-order valence-corrected chi connectivity index (χ3v) is 4.23. The maximum atomic E-state index is 5.88. The number of nitrogens with one attached hydrogen (secondary N) is 1. The molecule has 1 aromatic carbocycles. The van der Waals surface area contributed by atoms with Gasteiger partial charge < -0.3 is 10.1 Å². The Balaban J connectivity index is 1.65. The zero-order chi connectivity index (χ0) is 10.3. The van der Waals surface area contributed by atoms with E-state index >= 15 is 0 Å². The molecule has 1 heterocycles. The van der Waals surface area contributed by atoms with Crippen LogP contribution in [-0.4, -0.2) is 19.7 Å². The first kappa shape index (κ1) is 9.67. The first-order valence-electron chi connectivity index (χ1n) is 5.38. The largest absolute Gasteiger partial charge is 0.492 e. The summed E-state index contributed by atoms with van der Waals surface area (Å²) >= 11 is 3.50. The molecule has 2 aliphatic rings. The van der Waals surface area contributed by atoms with Crippen molar-refractivity contribution < 1.29 is 4.74 Å². The number of benzene rings is 1. The van der Waals surface area contributed by atoms with Crippen LogP contribution >= 0.6 is 15.9 Å². The molecule has 1 N–H and O–H groups in total. The van der Waals surface area contributed by atoms with Crippen LogP contribution in [0.3, 0.4) is 0 Å². The number of hydrogen-bond acceptors (Lipinski definition) is 2. The van der Waals surface area contributed by atoms with Crippen LogP contribution in [-0.2, 0) is 0 Å². The van der Waals surface area contributed by atoms with E-state index in [-0.39, 0.29) is 0 Å². The number of fused-ring (bicyclic) bond motifs is 1. The van der Waals surface area contributed by atoms with Gasteiger partial charge in [0.25, 0.3) is 0 Å². The smallest absolute Gasteiger partial charge is 0.133 e. The van der Waals surface area contributed by atoms with Gasteiger partial charge in [0.2, 0.25) is 0 Å². The molecule has 0 radical (unpaired) electrons. The van der Waals surface area contributed by atoms with Crippen molar-refractivity contribution in [3.05, 3.63) is 28.7 Å². The predicted octanol–water partition coefficient (Wildman–Crippen LogP) is 2.44. The first-order valence-corrected chi connectivity index (χ1v) is 6.18. The standard InChI is InChI=1S/C12H14BrNO/c13-10-3-1-2-4-11(10)15-8-12-5-9(12)6-14-7-12/h1-4,9,14H,5-8H2. The van der Waals surface area contributed by atoms with Crippen molar-refractivity contribution in [1.29, 1.82) is 0 Å². The Kier molecular flexibility index (Phi) is 2.25. The Morgan fingerprint density at radius 2 is 2.33 bits per heavy atom. The van der Waals surface area contributed by atoms with E-state index in [2.05, 4.69) is 21.2 Å². The lowest BCUT2D eigenvalue weighted by molar-refractivity contribution is 0.235. The van der Waals surface area contributed by atoms with Crippen molar-refractivity contribution in [3.63, 3.8) is 0 Å². The van der Waals surface area contributed by atoms with Crippen molar-refractivity contribution in [1.82, 2.24) is 5.32 Å². The summed E-state index contributed by atoms with van der Waals surface area (Å²) in [5, 5.41) is 3.42. The molecule has 1 saturated carbocycles. The highest BCUT2D eigenvalue weighted by Gasteiger charge is 2.57. The third kappa shape index (κ3) is 1.68. The van der Waals surface area contributed by atoms with E-state index in [9.17, 15) is 0 Å². The molecule has 0 amide bonds. The second kappa shape index (κ2) is 3.49. The van der Waals surface area contributed by atoms with Crippen LogP contribution in [0.2, 0.25) is 0 Å². The predicted molar refractivity (Wildman–Crippen MR) is 63.0 cm³/mol. The second-order valence-electron chi connectivity index (χ2n) is 4.61. The molecule has 1 saturated heterocycles. The fourth-order valence-corrected chi connectivity index (χ4v) is 2.84. The number of rotatable bonds is 3. The monoisotopic (exact) mass is 267 g/mol. The van der Waals surface area contributed by atoms with Gasteiger partial charge in [0, 0.05) is 12.0 Å². The van der Waals surface area contributed by atoms with E-state index in [4.69, 9.17) is 4.74 Å². The molecule has 1 aliphatic carbocycles. The van der Waals surface area contributed by atoms with Gasteiger partial charge in [-0.25, -0.2) is 0 Å². The molecule has 3 heteroatoms. The minimum Gasteiger partial charge on any atom is -0.492 e. The number of hydrogen-bond donors (Lipinski definition) is 1. The lowest BCUT2D eigenvalue weighted by Gasteiger charge is -2.14. The molecule has 80 valence electrons. The number of halogens is 1. The van der Waals surface area contributed by atoms with Gasteiger partial charge in [0.05, 0.1) is 11.1 Å². The van der Waals surface area contributed by atoms with Gasteiger partial charge in [0.1, 0.15) is 5.75 Å². The highest BCUT2D eigenvalue weighted by Crippen LogP contribution is 2.55. The average Bonchev–Trinajstić information content (AvgIpc) is 2.80. The van der Waals surface area contributed by atoms with Crippen LogP contribution in [0.25, 0.3) is 0 Å². The van der Waals surface area contributed by atoms with Gasteiger partial charge in [0.15, 0.2) is 0 Å². The molecule has 1 aliphatic heterocycles. The Morgan fingerprint density at radius 1 is 1.47 bits per heavy atom. The molecular formula is C12H14BrNO. The van der Waals surface area contributed by atoms with Crippen LogP contribution in [0.5, 0.6) is 5.75 Å². The highest BCUT2D eigenvalue weighted by molar-refractivity contribution is 9.10. The van der Waals surface area contributed by atoms with Crippen molar-refractivity contribution in [2.75, 3.05) is 19.7 Å². The summed E-state index contributed by atoms with van der Waals surface area (Å²) in [6, 6.07) is 8.05. The second-order valence-corrected chi connectivity index (χ2v) is 5.47. The number of para-hydroxylation sites is 1. The number of ether oxygens (including phenoxy) is 1. The average molecular weight is 268 g/mol. The molecule has 2 atom stereocenters. The number of piperidine rings is 1. The zero-order valence-electron chi connectivity index (χ0n) is 8.50. The van der Waals surface area contributed by atoms with Crippen LogP contribution < -0.4 is 10.1 Å². The SMILES string of the molecule is Brc1ccccc1OCC12CNCC1C2. The van der Waals surface area contributed by atoms with Gasteiger partial charge in [-0.2, -0.15) is 0 Å². The third-order valence-electron chi connectivity index (χ3n) is 3.58. The molecule has 2 fully saturated rings. The quantitative estimate of drug-likeness (QED) is 0.909. The van der Waals surface area contributed by atoms with E-state index in [0.29, 0.717) is 5.41 Å². The molecule has 3 rings (SSSR count). The van der Waals surface area contributed by atoms with Gasteiger partial charge >= 0.3 is 0 Å². The van der Waals surface area contributed by atoms with Crippen molar-refractivity contribution in [2.24, 2.45) is 11.3 Å².